The van der Waals surface area contributed by atoms with Crippen molar-refractivity contribution in [2.24, 2.45) is 5.41 Å². The van der Waals surface area contributed by atoms with Gasteiger partial charge in [-0.1, -0.05) is 12.5 Å². The molecule has 0 heterocycles. The van der Waals surface area contributed by atoms with Crippen LogP contribution in [-0.2, 0) is 0 Å². The first-order chi connectivity index (χ1) is 4.54. The zero-order chi connectivity index (χ0) is 8.20. The van der Waals surface area contributed by atoms with Crippen molar-refractivity contribution in [3.63, 3.8) is 0 Å². The molecule has 1 nitrogen and oxygen atoms in total. The quantitative estimate of drug-likeness (QED) is 0.549. The third-order valence-electron chi connectivity index (χ3n) is 1.74. The van der Waals surface area contributed by atoms with Crippen LogP contribution in [0, 0.1) is 16.7 Å². The number of nitrogens with zero attached hydrogens (tertiary/aromatic N) is 1. The average molecular weight is 137 g/mol. The summed E-state index contributed by atoms with van der Waals surface area (Å²) in [6.07, 6.45) is 1.72. The topological polar surface area (TPSA) is 23.8 Å². The van der Waals surface area contributed by atoms with E-state index in [0.29, 0.717) is 0 Å². The lowest BCUT2D eigenvalue weighted by molar-refractivity contribution is 0.422. The summed E-state index contributed by atoms with van der Waals surface area (Å²) in [5.74, 6) is 0. The summed E-state index contributed by atoms with van der Waals surface area (Å²) in [7, 11) is 0. The Morgan fingerprint density at radius 2 is 2.20 bits per heavy atom. The normalized spacial score (nSPS) is 15.4. The van der Waals surface area contributed by atoms with Crippen molar-refractivity contribution in [1.29, 1.82) is 5.26 Å². The Bertz CT molecular complexity index is 164. The molecule has 0 bridgehead atoms. The minimum Gasteiger partial charge on any atom is -0.198 e. The zero-order valence-corrected chi connectivity index (χ0v) is 7.07. The molecule has 1 unspecified atom stereocenters. The molecule has 0 N–H and O–H groups in total. The molecular weight excluding hydrogens is 122 g/mol. The van der Waals surface area contributed by atoms with Gasteiger partial charge in [0.15, 0.2) is 0 Å². The van der Waals surface area contributed by atoms with E-state index < -0.39 is 0 Å². The van der Waals surface area contributed by atoms with Gasteiger partial charge < -0.3 is 0 Å². The first-order valence-corrected chi connectivity index (χ1v) is 3.59. The molecular formula is C9H15N. The van der Waals surface area contributed by atoms with E-state index in [9.17, 15) is 0 Å². The van der Waals surface area contributed by atoms with Crippen LogP contribution in [0.4, 0.5) is 0 Å². The smallest absolute Gasteiger partial charge is 0.0690 e. The van der Waals surface area contributed by atoms with Gasteiger partial charge in [0.05, 0.1) is 11.5 Å². The van der Waals surface area contributed by atoms with Crippen molar-refractivity contribution >= 4 is 0 Å². The third kappa shape index (κ3) is 2.68. The second kappa shape index (κ2) is 3.41. The molecule has 0 aromatic rings. The number of rotatable bonds is 3. The lowest BCUT2D eigenvalue weighted by Crippen LogP contribution is -2.11. The number of hydrogen-bond donors (Lipinski definition) is 0. The molecule has 0 aliphatic carbocycles. The summed E-state index contributed by atoms with van der Waals surface area (Å²) in [5, 5.41) is 8.74. The van der Waals surface area contributed by atoms with Crippen LogP contribution in [0.5, 0.6) is 0 Å². The summed E-state index contributed by atoms with van der Waals surface area (Å²) in [5.41, 5.74) is 0.900. The maximum absolute atomic E-state index is 8.74. The van der Waals surface area contributed by atoms with Crippen molar-refractivity contribution in [3.8, 4) is 6.07 Å². The molecule has 0 rings (SSSR count). The summed E-state index contributed by atoms with van der Waals surface area (Å²) in [4.78, 5) is 0. The van der Waals surface area contributed by atoms with Crippen molar-refractivity contribution < 1.29 is 0 Å². The first-order valence-electron chi connectivity index (χ1n) is 3.59. The summed E-state index contributed by atoms with van der Waals surface area (Å²) >= 11 is 0. The van der Waals surface area contributed by atoms with Gasteiger partial charge in [-0.05, 0) is 26.7 Å². The molecule has 0 saturated heterocycles. The fraction of sp³-hybridized carbons (Fsp3) is 0.667. The molecule has 1 heteroatoms. The van der Waals surface area contributed by atoms with Gasteiger partial charge >= 0.3 is 0 Å². The second-order valence-corrected chi connectivity index (χ2v) is 3.16. The van der Waals surface area contributed by atoms with E-state index in [1.165, 1.54) is 0 Å². The summed E-state index contributed by atoms with van der Waals surface area (Å²) < 4.78 is 0. The molecule has 0 aromatic heterocycles. The van der Waals surface area contributed by atoms with E-state index in [4.69, 9.17) is 5.26 Å². The summed E-state index contributed by atoms with van der Waals surface area (Å²) in [6.45, 7) is 9.76. The maximum Gasteiger partial charge on any atom is 0.0690 e. The average Bonchev–Trinajstić information content (AvgIpc) is 1.87. The van der Waals surface area contributed by atoms with Crippen LogP contribution in [0.25, 0.3) is 0 Å². The Morgan fingerprint density at radius 1 is 1.70 bits per heavy atom. The highest BCUT2D eigenvalue weighted by molar-refractivity contribution is 5.04. The van der Waals surface area contributed by atoms with Gasteiger partial charge in [0.1, 0.15) is 0 Å². The maximum atomic E-state index is 8.74. The minimum absolute atomic E-state index is 0.189. The molecule has 0 amide bonds. The van der Waals surface area contributed by atoms with Gasteiger partial charge in [-0.2, -0.15) is 5.26 Å². The predicted molar refractivity (Wildman–Crippen MR) is 43.4 cm³/mol. The van der Waals surface area contributed by atoms with E-state index in [1.54, 1.807) is 0 Å². The molecule has 0 spiro atoms. The van der Waals surface area contributed by atoms with Crippen LogP contribution >= 0.6 is 0 Å². The van der Waals surface area contributed by atoms with Gasteiger partial charge in [-0.3, -0.25) is 0 Å². The van der Waals surface area contributed by atoms with E-state index in [0.717, 1.165) is 18.4 Å². The number of allylic oxidation sites excluding steroid dienone is 1. The minimum atomic E-state index is -0.189. The monoisotopic (exact) mass is 137 g/mol. The molecule has 10 heavy (non-hydrogen) atoms. The highest BCUT2D eigenvalue weighted by Gasteiger charge is 2.20. The van der Waals surface area contributed by atoms with Gasteiger partial charge in [0.25, 0.3) is 0 Å². The standard InChI is InChI=1S/C9H15N/c1-5-9(4,7-10)6-8(2)3/h2,5-6H2,1,3-4H3. The molecule has 0 aliphatic rings. The largest absolute Gasteiger partial charge is 0.198 e. The Morgan fingerprint density at radius 3 is 2.30 bits per heavy atom. The lowest BCUT2D eigenvalue weighted by Gasteiger charge is -2.18. The second-order valence-electron chi connectivity index (χ2n) is 3.16. The van der Waals surface area contributed by atoms with E-state index in [1.807, 2.05) is 20.8 Å². The lowest BCUT2D eigenvalue weighted by atomic mass is 9.83. The van der Waals surface area contributed by atoms with E-state index in [2.05, 4.69) is 12.6 Å². The van der Waals surface area contributed by atoms with Gasteiger partial charge in [0, 0.05) is 0 Å². The Balaban J connectivity index is 4.10. The van der Waals surface area contributed by atoms with E-state index in [-0.39, 0.29) is 5.41 Å². The fourth-order valence-corrected chi connectivity index (χ4v) is 0.910. The Kier molecular flexibility index (Phi) is 3.15. The van der Waals surface area contributed by atoms with Crippen LogP contribution in [0.15, 0.2) is 12.2 Å². The Labute approximate surface area is 63.4 Å². The van der Waals surface area contributed by atoms with Crippen molar-refractivity contribution in [3.05, 3.63) is 12.2 Å². The number of nitriles is 1. The van der Waals surface area contributed by atoms with Crippen LogP contribution in [0.2, 0.25) is 0 Å². The van der Waals surface area contributed by atoms with Crippen molar-refractivity contribution in [1.82, 2.24) is 0 Å². The molecule has 0 fully saturated rings. The molecule has 0 saturated carbocycles. The van der Waals surface area contributed by atoms with Crippen LogP contribution in [-0.4, -0.2) is 0 Å². The zero-order valence-electron chi connectivity index (χ0n) is 7.07. The molecule has 0 radical (unpaired) electrons. The van der Waals surface area contributed by atoms with Gasteiger partial charge in [0.2, 0.25) is 0 Å². The van der Waals surface area contributed by atoms with Crippen LogP contribution in [0.3, 0.4) is 0 Å². The Hall–Kier alpha value is -0.770. The van der Waals surface area contributed by atoms with Crippen molar-refractivity contribution in [2.75, 3.05) is 0 Å². The van der Waals surface area contributed by atoms with E-state index >= 15 is 0 Å². The van der Waals surface area contributed by atoms with Gasteiger partial charge in [-0.15, -0.1) is 6.58 Å². The highest BCUT2D eigenvalue weighted by atomic mass is 14.3. The molecule has 1 atom stereocenters. The molecule has 0 aliphatic heterocycles. The summed E-state index contributed by atoms with van der Waals surface area (Å²) in [6, 6.07) is 2.30. The first kappa shape index (κ1) is 9.23. The third-order valence-corrected chi connectivity index (χ3v) is 1.74. The fourth-order valence-electron chi connectivity index (χ4n) is 0.910. The molecule has 56 valence electrons. The highest BCUT2D eigenvalue weighted by Crippen LogP contribution is 2.27. The van der Waals surface area contributed by atoms with Gasteiger partial charge in [-0.25, -0.2) is 0 Å². The van der Waals surface area contributed by atoms with Crippen molar-refractivity contribution in [2.45, 2.75) is 33.6 Å². The molecule has 0 aromatic carbocycles. The predicted octanol–water partition coefficient (Wildman–Crippen LogP) is 2.89. The van der Waals surface area contributed by atoms with Crippen LogP contribution < -0.4 is 0 Å². The SMILES string of the molecule is C=C(C)CC(C)(C#N)CC. The van der Waals surface area contributed by atoms with Crippen LogP contribution in [0.1, 0.15) is 33.6 Å². The number of hydrogen-bond acceptors (Lipinski definition) is 1.